The molecular weight excluding hydrogens is 514 g/mol. The molecule has 1 saturated heterocycles. The third-order valence-corrected chi connectivity index (χ3v) is 4.37. The Hall–Kier alpha value is -2.05. The van der Waals surface area contributed by atoms with Crippen LogP contribution in [0.3, 0.4) is 0 Å². The van der Waals surface area contributed by atoms with Gasteiger partial charge in [-0.25, -0.2) is 18.2 Å². The zero-order valence-corrected chi connectivity index (χ0v) is 19.4. The van der Waals surface area contributed by atoms with Crippen molar-refractivity contribution < 1.29 is 22.8 Å². The summed E-state index contributed by atoms with van der Waals surface area (Å²) in [6.07, 6.45) is 0.745. The van der Waals surface area contributed by atoms with Gasteiger partial charge in [-0.3, -0.25) is 9.59 Å². The van der Waals surface area contributed by atoms with Crippen LogP contribution in [-0.4, -0.2) is 54.9 Å². The van der Waals surface area contributed by atoms with Crippen molar-refractivity contribution in [1.82, 2.24) is 15.5 Å². The number of nitrogens with one attached hydrogen (secondary N) is 3. The second kappa shape index (κ2) is 12.0. The van der Waals surface area contributed by atoms with E-state index in [-0.39, 0.29) is 48.4 Å². The third-order valence-electron chi connectivity index (χ3n) is 4.37. The first kappa shape index (κ1) is 26.0. The van der Waals surface area contributed by atoms with E-state index in [0.717, 1.165) is 18.6 Å². The number of rotatable bonds is 6. The van der Waals surface area contributed by atoms with Crippen LogP contribution >= 0.6 is 24.0 Å². The number of anilines is 1. The van der Waals surface area contributed by atoms with Crippen LogP contribution in [0.15, 0.2) is 17.1 Å². The Bertz CT molecular complexity index is 792. The summed E-state index contributed by atoms with van der Waals surface area (Å²) in [6.45, 7) is 6.93. The summed E-state index contributed by atoms with van der Waals surface area (Å²) in [5.74, 6) is -4.75. The topological polar surface area (TPSA) is 85.8 Å². The van der Waals surface area contributed by atoms with Crippen LogP contribution in [0.5, 0.6) is 0 Å². The number of benzene rings is 1. The monoisotopic (exact) mass is 541 g/mol. The fourth-order valence-corrected chi connectivity index (χ4v) is 2.92. The van der Waals surface area contributed by atoms with E-state index in [4.69, 9.17) is 0 Å². The van der Waals surface area contributed by atoms with Crippen LogP contribution < -0.4 is 16.0 Å². The molecular formula is C19H27F3IN5O2. The molecule has 1 atom stereocenters. The average molecular weight is 541 g/mol. The van der Waals surface area contributed by atoms with E-state index in [1.165, 1.54) is 0 Å². The molecule has 0 aromatic heterocycles. The van der Waals surface area contributed by atoms with Gasteiger partial charge in [0.25, 0.3) is 0 Å². The molecule has 0 aliphatic carbocycles. The Kier molecular flexibility index (Phi) is 10.4. The molecule has 11 heteroatoms. The molecule has 168 valence electrons. The summed E-state index contributed by atoms with van der Waals surface area (Å²) >= 11 is 0. The number of amides is 2. The molecule has 0 bridgehead atoms. The Morgan fingerprint density at radius 1 is 1.23 bits per heavy atom. The number of hydrogen-bond acceptors (Lipinski definition) is 3. The second-order valence-corrected chi connectivity index (χ2v) is 7.04. The number of likely N-dealkylation sites (tertiary alicyclic amines) is 1. The Balaban J connectivity index is 0.00000450. The number of carbonyl (C=O) groups excluding carboxylic acids is 2. The van der Waals surface area contributed by atoms with Crippen LogP contribution in [0, 0.1) is 23.4 Å². The first-order valence-corrected chi connectivity index (χ1v) is 9.49. The molecule has 7 nitrogen and oxygen atoms in total. The first-order valence-electron chi connectivity index (χ1n) is 9.49. The van der Waals surface area contributed by atoms with Crippen molar-refractivity contribution in [3.8, 4) is 0 Å². The maximum Gasteiger partial charge on any atom is 0.246 e. The van der Waals surface area contributed by atoms with Gasteiger partial charge in [0.15, 0.2) is 23.4 Å². The zero-order chi connectivity index (χ0) is 21.6. The molecule has 1 aliphatic heterocycles. The molecule has 3 N–H and O–H groups in total. The maximum absolute atomic E-state index is 13.6. The smallest absolute Gasteiger partial charge is 0.246 e. The highest BCUT2D eigenvalue weighted by Gasteiger charge is 2.28. The van der Waals surface area contributed by atoms with Crippen LogP contribution in [0.25, 0.3) is 0 Å². The van der Waals surface area contributed by atoms with E-state index >= 15 is 0 Å². The SMILES string of the molecule is CCNC(=NCC(=O)Nc1ccc(F)c(F)c1F)NC1CCN(C(=O)C(C)C)C1.I. The highest BCUT2D eigenvalue weighted by atomic mass is 127. The van der Waals surface area contributed by atoms with Crippen molar-refractivity contribution in [2.45, 2.75) is 33.2 Å². The lowest BCUT2D eigenvalue weighted by molar-refractivity contribution is -0.133. The van der Waals surface area contributed by atoms with E-state index in [2.05, 4.69) is 20.9 Å². The maximum atomic E-state index is 13.6. The van der Waals surface area contributed by atoms with Gasteiger partial charge >= 0.3 is 0 Å². The van der Waals surface area contributed by atoms with Crippen LogP contribution in [0.2, 0.25) is 0 Å². The van der Waals surface area contributed by atoms with Gasteiger partial charge in [-0.05, 0) is 25.5 Å². The number of nitrogens with zero attached hydrogens (tertiary/aromatic N) is 2. The quantitative estimate of drug-likeness (QED) is 0.224. The molecule has 1 aliphatic rings. The molecule has 1 unspecified atom stereocenters. The molecule has 1 fully saturated rings. The number of aliphatic imine (C=N–C) groups is 1. The van der Waals surface area contributed by atoms with E-state index in [9.17, 15) is 22.8 Å². The molecule has 0 saturated carbocycles. The largest absolute Gasteiger partial charge is 0.357 e. The van der Waals surface area contributed by atoms with Crippen molar-refractivity contribution in [1.29, 1.82) is 0 Å². The van der Waals surface area contributed by atoms with Crippen LogP contribution in [0.1, 0.15) is 27.2 Å². The van der Waals surface area contributed by atoms with E-state index in [1.54, 1.807) is 4.90 Å². The van der Waals surface area contributed by atoms with Crippen molar-refractivity contribution in [2.24, 2.45) is 10.9 Å². The third kappa shape index (κ3) is 7.03. The predicted molar refractivity (Wildman–Crippen MR) is 119 cm³/mol. The van der Waals surface area contributed by atoms with E-state index in [1.807, 2.05) is 20.8 Å². The van der Waals surface area contributed by atoms with Crippen LogP contribution in [0.4, 0.5) is 18.9 Å². The number of guanidine groups is 1. The van der Waals surface area contributed by atoms with E-state index < -0.39 is 29.0 Å². The summed E-state index contributed by atoms with van der Waals surface area (Å²) in [7, 11) is 0. The van der Waals surface area contributed by atoms with Gasteiger partial charge in [0.05, 0.1) is 5.69 Å². The lowest BCUT2D eigenvalue weighted by Gasteiger charge is -2.20. The molecule has 2 rings (SSSR count). The zero-order valence-electron chi connectivity index (χ0n) is 17.1. The van der Waals surface area contributed by atoms with Crippen molar-refractivity contribution in [3.63, 3.8) is 0 Å². The van der Waals surface area contributed by atoms with Gasteiger partial charge in [-0.1, -0.05) is 13.8 Å². The van der Waals surface area contributed by atoms with Crippen molar-refractivity contribution in [2.75, 3.05) is 31.5 Å². The van der Waals surface area contributed by atoms with Gasteiger partial charge < -0.3 is 20.9 Å². The minimum absolute atomic E-state index is 0. The molecule has 1 aromatic carbocycles. The van der Waals surface area contributed by atoms with Gasteiger partial charge in [0.1, 0.15) is 6.54 Å². The fourth-order valence-electron chi connectivity index (χ4n) is 2.92. The summed E-state index contributed by atoms with van der Waals surface area (Å²) < 4.78 is 39.9. The highest BCUT2D eigenvalue weighted by molar-refractivity contribution is 14.0. The lowest BCUT2D eigenvalue weighted by Crippen LogP contribution is -2.45. The molecule has 2 amide bonds. The lowest BCUT2D eigenvalue weighted by atomic mass is 10.2. The molecule has 1 heterocycles. The predicted octanol–water partition coefficient (Wildman–Crippen LogP) is 2.47. The average Bonchev–Trinajstić information content (AvgIpc) is 3.14. The minimum atomic E-state index is -1.65. The van der Waals surface area contributed by atoms with Gasteiger partial charge in [0.2, 0.25) is 11.8 Å². The second-order valence-electron chi connectivity index (χ2n) is 7.04. The van der Waals surface area contributed by atoms with Crippen molar-refractivity contribution in [3.05, 3.63) is 29.6 Å². The fraction of sp³-hybridized carbons (Fsp3) is 0.526. The number of halogens is 4. The minimum Gasteiger partial charge on any atom is -0.357 e. The molecule has 0 radical (unpaired) electrons. The normalized spacial score (nSPS) is 16.3. The summed E-state index contributed by atoms with van der Waals surface area (Å²) in [5, 5.41) is 8.33. The summed E-state index contributed by atoms with van der Waals surface area (Å²) in [6, 6.07) is 1.66. The first-order chi connectivity index (χ1) is 13.7. The van der Waals surface area contributed by atoms with Gasteiger partial charge in [-0.15, -0.1) is 24.0 Å². The summed E-state index contributed by atoms with van der Waals surface area (Å²) in [4.78, 5) is 30.0. The summed E-state index contributed by atoms with van der Waals surface area (Å²) in [5.41, 5.74) is -0.458. The Morgan fingerprint density at radius 2 is 1.93 bits per heavy atom. The standard InChI is InChI=1S/C19H26F3N5O2.HI/c1-4-23-19(25-12-7-8-27(10-12)18(29)11(2)3)24-9-15(28)26-14-6-5-13(20)16(21)17(14)22;/h5-6,11-12H,4,7-10H2,1-3H3,(H,26,28)(H2,23,24,25);1H. The van der Waals surface area contributed by atoms with Crippen LogP contribution in [-0.2, 0) is 9.59 Å². The van der Waals surface area contributed by atoms with Crippen molar-refractivity contribution >= 4 is 47.4 Å². The molecule has 1 aromatic rings. The van der Waals surface area contributed by atoms with Gasteiger partial charge in [-0.2, -0.15) is 0 Å². The van der Waals surface area contributed by atoms with Gasteiger partial charge in [0, 0.05) is 31.6 Å². The van der Waals surface area contributed by atoms with E-state index in [0.29, 0.717) is 25.6 Å². The molecule has 30 heavy (non-hydrogen) atoms. The number of hydrogen-bond donors (Lipinski definition) is 3. The highest BCUT2D eigenvalue weighted by Crippen LogP contribution is 2.19. The molecule has 0 spiro atoms. The number of carbonyl (C=O) groups is 2. The Morgan fingerprint density at radius 3 is 2.57 bits per heavy atom. The Labute approximate surface area is 190 Å².